The number of benzene rings is 2. The predicted molar refractivity (Wildman–Crippen MR) is 94.5 cm³/mol. The predicted octanol–water partition coefficient (Wildman–Crippen LogP) is 0.697. The van der Waals surface area contributed by atoms with Gasteiger partial charge in [0, 0.05) is 11.1 Å². The lowest BCUT2D eigenvalue weighted by molar-refractivity contribution is -0.305. The van der Waals surface area contributed by atoms with E-state index in [4.69, 9.17) is 14.2 Å². The van der Waals surface area contributed by atoms with E-state index < -0.39 is 24.3 Å². The quantitative estimate of drug-likeness (QED) is 0.568. The fraction of sp³-hybridized carbons (Fsp3) is 0.150. The first-order valence-corrected chi connectivity index (χ1v) is 8.34. The Balaban J connectivity index is 1.86. The molecule has 0 atom stereocenters. The van der Waals surface area contributed by atoms with Gasteiger partial charge in [0.1, 0.15) is 0 Å². The third-order valence-electron chi connectivity index (χ3n) is 4.45. The van der Waals surface area contributed by atoms with Gasteiger partial charge in [0.25, 0.3) is 11.8 Å². The van der Waals surface area contributed by atoms with Gasteiger partial charge in [0.15, 0.2) is 11.5 Å². The van der Waals surface area contributed by atoms with Crippen LogP contribution in [0.4, 0.5) is 0 Å². The van der Waals surface area contributed by atoms with E-state index in [0.29, 0.717) is 33.3 Å². The number of carboxylic acid groups (broad SMARTS) is 1. The normalized spacial score (nSPS) is 16.3. The molecule has 2 aliphatic rings. The fourth-order valence-corrected chi connectivity index (χ4v) is 3.21. The van der Waals surface area contributed by atoms with Crippen molar-refractivity contribution in [2.45, 2.75) is 0 Å². The Morgan fingerprint density at radius 1 is 1.18 bits per heavy atom. The Morgan fingerprint density at radius 3 is 2.64 bits per heavy atom. The van der Waals surface area contributed by atoms with E-state index in [-0.39, 0.29) is 17.9 Å². The average Bonchev–Trinajstić information content (AvgIpc) is 3.16. The molecule has 2 heterocycles. The number of imide groups is 1. The monoisotopic (exact) mass is 380 g/mol. The Kier molecular flexibility index (Phi) is 4.23. The van der Waals surface area contributed by atoms with Crippen LogP contribution in [0, 0.1) is 0 Å². The van der Waals surface area contributed by atoms with Gasteiger partial charge in [-0.15, -0.1) is 0 Å². The number of carbonyl (C=O) groups is 3. The van der Waals surface area contributed by atoms with Gasteiger partial charge in [0.2, 0.25) is 12.5 Å². The van der Waals surface area contributed by atoms with E-state index >= 15 is 0 Å². The minimum Gasteiger partial charge on any atom is -0.548 e. The highest BCUT2D eigenvalue weighted by atomic mass is 16.7. The minimum absolute atomic E-state index is 0.0569. The molecule has 0 bridgehead atoms. The summed E-state index contributed by atoms with van der Waals surface area (Å²) in [7, 11) is 1.48. The van der Waals surface area contributed by atoms with Gasteiger partial charge in [0.05, 0.1) is 19.6 Å². The van der Waals surface area contributed by atoms with Crippen LogP contribution in [0.1, 0.15) is 21.5 Å². The summed E-state index contributed by atoms with van der Waals surface area (Å²) in [4.78, 5) is 37.1. The summed E-state index contributed by atoms with van der Waals surface area (Å²) in [5.74, 6) is -1.56. The Morgan fingerprint density at radius 2 is 1.93 bits per heavy atom. The lowest BCUT2D eigenvalue weighted by Gasteiger charge is -2.28. The number of hydrogen-bond donors (Lipinski definition) is 0. The number of methoxy groups -OCH3 is 1. The second kappa shape index (κ2) is 6.73. The SMILES string of the molecule is COc1cc(/C=C2\C(=O)N(CC(=O)[O-])C(=O)c3ccccc32)cc2c1OCO2. The Labute approximate surface area is 159 Å². The van der Waals surface area contributed by atoms with Crippen molar-refractivity contribution in [2.75, 3.05) is 20.4 Å². The molecule has 0 fully saturated rings. The third kappa shape index (κ3) is 2.84. The molecule has 8 heteroatoms. The molecule has 0 spiro atoms. The maximum absolute atomic E-state index is 12.9. The fourth-order valence-electron chi connectivity index (χ4n) is 3.21. The van der Waals surface area contributed by atoms with Crippen LogP contribution in [0.15, 0.2) is 36.4 Å². The van der Waals surface area contributed by atoms with Crippen molar-refractivity contribution in [2.24, 2.45) is 0 Å². The van der Waals surface area contributed by atoms with Crippen LogP contribution >= 0.6 is 0 Å². The second-order valence-corrected chi connectivity index (χ2v) is 6.13. The van der Waals surface area contributed by atoms with Crippen LogP contribution in [0.2, 0.25) is 0 Å². The van der Waals surface area contributed by atoms with Crippen molar-refractivity contribution in [3.05, 3.63) is 53.1 Å². The van der Waals surface area contributed by atoms with Crippen molar-refractivity contribution >= 4 is 29.4 Å². The largest absolute Gasteiger partial charge is 0.548 e. The Bertz CT molecular complexity index is 1040. The molecule has 0 aliphatic carbocycles. The highest BCUT2D eigenvalue weighted by Crippen LogP contribution is 2.43. The molecule has 2 aliphatic heterocycles. The molecule has 2 aromatic rings. The molecule has 0 aromatic heterocycles. The second-order valence-electron chi connectivity index (χ2n) is 6.13. The summed E-state index contributed by atoms with van der Waals surface area (Å²) in [6.07, 6.45) is 1.56. The minimum atomic E-state index is -1.52. The lowest BCUT2D eigenvalue weighted by atomic mass is 9.92. The standard InChI is InChI=1S/C20H15NO7/c1-26-15-7-11(8-16-18(15)28-10-27-16)6-14-12-4-2-3-5-13(12)19(24)21(20(14)25)9-17(22)23/h2-8H,9-10H2,1H3,(H,22,23)/p-1/b14-6-. The number of rotatable bonds is 4. The first-order chi connectivity index (χ1) is 13.5. The molecule has 0 unspecified atom stereocenters. The summed E-state index contributed by atoms with van der Waals surface area (Å²) in [5.41, 5.74) is 1.41. The summed E-state index contributed by atoms with van der Waals surface area (Å²) in [5, 5.41) is 11.0. The van der Waals surface area contributed by atoms with Crippen molar-refractivity contribution in [1.82, 2.24) is 4.90 Å². The maximum atomic E-state index is 12.9. The van der Waals surface area contributed by atoms with E-state index in [0.717, 1.165) is 0 Å². The molecule has 4 rings (SSSR count). The molecule has 2 aromatic carbocycles. The zero-order valence-electron chi connectivity index (χ0n) is 14.8. The van der Waals surface area contributed by atoms with E-state index in [9.17, 15) is 19.5 Å². The van der Waals surface area contributed by atoms with Crippen LogP contribution in [-0.2, 0) is 9.59 Å². The number of hydrogen-bond acceptors (Lipinski definition) is 7. The molecular formula is C20H14NO7-. The van der Waals surface area contributed by atoms with Crippen LogP contribution in [0.3, 0.4) is 0 Å². The number of carboxylic acids is 1. The molecule has 0 saturated heterocycles. The first kappa shape index (κ1) is 17.6. The lowest BCUT2D eigenvalue weighted by Crippen LogP contribution is -2.47. The van der Waals surface area contributed by atoms with Gasteiger partial charge in [-0.1, -0.05) is 18.2 Å². The summed E-state index contributed by atoms with van der Waals surface area (Å²) in [6.45, 7) is -0.769. The number of ether oxygens (including phenoxy) is 3. The summed E-state index contributed by atoms with van der Waals surface area (Å²) >= 11 is 0. The van der Waals surface area contributed by atoms with Crippen LogP contribution in [0.5, 0.6) is 17.2 Å². The van der Waals surface area contributed by atoms with Gasteiger partial charge in [-0.05, 0) is 35.4 Å². The molecule has 2 amide bonds. The number of carbonyl (C=O) groups excluding carboxylic acids is 3. The van der Waals surface area contributed by atoms with E-state index in [1.54, 1.807) is 42.5 Å². The van der Waals surface area contributed by atoms with E-state index in [2.05, 4.69) is 0 Å². The van der Waals surface area contributed by atoms with Crippen molar-refractivity contribution in [1.29, 1.82) is 0 Å². The topological polar surface area (TPSA) is 105 Å². The molecule has 8 nitrogen and oxygen atoms in total. The van der Waals surface area contributed by atoms with Crippen molar-refractivity contribution in [3.8, 4) is 17.2 Å². The number of fused-ring (bicyclic) bond motifs is 2. The molecule has 0 radical (unpaired) electrons. The molecule has 0 N–H and O–H groups in total. The van der Waals surface area contributed by atoms with Crippen LogP contribution in [-0.4, -0.2) is 43.1 Å². The molecule has 142 valence electrons. The van der Waals surface area contributed by atoms with Gasteiger partial charge in [-0.2, -0.15) is 0 Å². The van der Waals surface area contributed by atoms with Gasteiger partial charge in [-0.3, -0.25) is 14.5 Å². The highest BCUT2D eigenvalue weighted by Gasteiger charge is 2.34. The van der Waals surface area contributed by atoms with Gasteiger partial charge in [-0.25, -0.2) is 0 Å². The first-order valence-electron chi connectivity index (χ1n) is 8.34. The van der Waals surface area contributed by atoms with E-state index in [1.165, 1.54) is 7.11 Å². The number of aliphatic carboxylic acids is 1. The molecule has 28 heavy (non-hydrogen) atoms. The molecule has 0 saturated carbocycles. The Hall–Kier alpha value is -3.81. The molecular weight excluding hydrogens is 366 g/mol. The average molecular weight is 380 g/mol. The number of nitrogens with zero attached hydrogens (tertiary/aromatic N) is 1. The smallest absolute Gasteiger partial charge is 0.261 e. The van der Waals surface area contributed by atoms with Gasteiger partial charge < -0.3 is 24.1 Å². The summed E-state index contributed by atoms with van der Waals surface area (Å²) < 4.78 is 16.1. The highest BCUT2D eigenvalue weighted by molar-refractivity contribution is 6.34. The van der Waals surface area contributed by atoms with Crippen molar-refractivity contribution in [3.63, 3.8) is 0 Å². The summed E-state index contributed by atoms with van der Waals surface area (Å²) in [6, 6.07) is 9.86. The van der Waals surface area contributed by atoms with Crippen LogP contribution < -0.4 is 19.3 Å². The number of amides is 2. The van der Waals surface area contributed by atoms with Gasteiger partial charge >= 0.3 is 0 Å². The maximum Gasteiger partial charge on any atom is 0.261 e. The third-order valence-corrected chi connectivity index (χ3v) is 4.45. The van der Waals surface area contributed by atoms with E-state index in [1.807, 2.05) is 0 Å². The zero-order chi connectivity index (χ0) is 19.8. The zero-order valence-corrected chi connectivity index (χ0v) is 14.8. The van der Waals surface area contributed by atoms with Crippen LogP contribution in [0.25, 0.3) is 11.6 Å². The van der Waals surface area contributed by atoms with Crippen molar-refractivity contribution < 1.29 is 33.7 Å².